The van der Waals surface area contributed by atoms with Crippen LogP contribution in [0.25, 0.3) is 10.4 Å². The maximum Gasteiger partial charge on any atom is 0.0713 e. The molecule has 2 aromatic rings. The van der Waals surface area contributed by atoms with E-state index in [0.29, 0.717) is 12.6 Å². The molecule has 1 N–H and O–H groups in total. The summed E-state index contributed by atoms with van der Waals surface area (Å²) >= 11 is 1.86. The number of ether oxygens (including phenoxy) is 1. The molecule has 0 fully saturated rings. The molecule has 0 radical (unpaired) electrons. The molecule has 0 aliphatic rings. The Hall–Kier alpha value is -1.16. The van der Waals surface area contributed by atoms with E-state index in [9.17, 15) is 0 Å². The molecule has 19 heavy (non-hydrogen) atoms. The van der Waals surface area contributed by atoms with Crippen LogP contribution in [0.2, 0.25) is 0 Å². The summed E-state index contributed by atoms with van der Waals surface area (Å²) in [5.41, 5.74) is 2.49. The van der Waals surface area contributed by atoms with Crippen molar-refractivity contribution in [1.29, 1.82) is 0 Å². The summed E-state index contributed by atoms with van der Waals surface area (Å²) in [6.45, 7) is 6.01. The van der Waals surface area contributed by atoms with E-state index in [1.165, 1.54) is 20.9 Å². The molecule has 0 saturated carbocycles. The average Bonchev–Trinajstić information content (AvgIpc) is 2.89. The van der Waals surface area contributed by atoms with Crippen molar-refractivity contribution >= 4 is 11.3 Å². The van der Waals surface area contributed by atoms with Crippen molar-refractivity contribution in [2.45, 2.75) is 26.5 Å². The molecule has 0 spiro atoms. The Balaban J connectivity index is 2.20. The molecule has 0 aliphatic heterocycles. The summed E-state index contributed by atoms with van der Waals surface area (Å²) in [6, 6.07) is 13.4. The lowest BCUT2D eigenvalue weighted by Crippen LogP contribution is -2.16. The predicted octanol–water partition coefficient (Wildman–Crippen LogP) is 4.23. The minimum Gasteiger partial charge on any atom is -0.380 e. The zero-order chi connectivity index (χ0) is 13.7. The first kappa shape index (κ1) is 14.3. The molecule has 0 saturated heterocycles. The lowest BCUT2D eigenvalue weighted by Gasteiger charge is -2.09. The van der Waals surface area contributed by atoms with E-state index >= 15 is 0 Å². The van der Waals surface area contributed by atoms with E-state index in [4.69, 9.17) is 4.74 Å². The standard InChI is InChI=1S/C16H21NOS/c1-4-17-12(2)15-8-9-16(19-15)14-7-5-6-13(10-14)11-18-3/h5-10,12,17H,4,11H2,1-3H3. The summed E-state index contributed by atoms with van der Waals surface area (Å²) in [5.74, 6) is 0. The Labute approximate surface area is 119 Å². The number of hydrogen-bond donors (Lipinski definition) is 1. The Morgan fingerprint density at radius 2 is 2.11 bits per heavy atom. The normalized spacial score (nSPS) is 12.6. The lowest BCUT2D eigenvalue weighted by atomic mass is 10.1. The van der Waals surface area contributed by atoms with Gasteiger partial charge in [-0.2, -0.15) is 0 Å². The number of methoxy groups -OCH3 is 1. The molecule has 3 heteroatoms. The van der Waals surface area contributed by atoms with Gasteiger partial charge in [-0.1, -0.05) is 25.1 Å². The second-order valence-electron chi connectivity index (χ2n) is 4.61. The highest BCUT2D eigenvalue weighted by molar-refractivity contribution is 7.15. The van der Waals surface area contributed by atoms with Crippen molar-refractivity contribution in [1.82, 2.24) is 5.32 Å². The number of rotatable bonds is 6. The first-order valence-electron chi connectivity index (χ1n) is 6.66. The second kappa shape index (κ2) is 6.85. The molecule has 1 aromatic heterocycles. The Bertz CT molecular complexity index is 521. The van der Waals surface area contributed by atoms with Gasteiger partial charge < -0.3 is 10.1 Å². The van der Waals surface area contributed by atoms with Gasteiger partial charge in [0.05, 0.1) is 6.61 Å². The van der Waals surface area contributed by atoms with Gasteiger partial charge >= 0.3 is 0 Å². The maximum absolute atomic E-state index is 5.19. The van der Waals surface area contributed by atoms with Gasteiger partial charge in [-0.05, 0) is 42.8 Å². The van der Waals surface area contributed by atoms with E-state index in [1.54, 1.807) is 7.11 Å². The van der Waals surface area contributed by atoms with E-state index in [0.717, 1.165) is 6.54 Å². The maximum atomic E-state index is 5.19. The largest absolute Gasteiger partial charge is 0.380 e. The number of benzene rings is 1. The second-order valence-corrected chi connectivity index (χ2v) is 5.73. The molecular formula is C16H21NOS. The first-order valence-corrected chi connectivity index (χ1v) is 7.47. The van der Waals surface area contributed by atoms with Crippen molar-refractivity contribution in [3.05, 3.63) is 46.8 Å². The van der Waals surface area contributed by atoms with Crippen molar-refractivity contribution < 1.29 is 4.74 Å². The van der Waals surface area contributed by atoms with Crippen LogP contribution in [-0.4, -0.2) is 13.7 Å². The van der Waals surface area contributed by atoms with Gasteiger partial charge in [0.1, 0.15) is 0 Å². The number of nitrogens with one attached hydrogen (secondary N) is 1. The molecule has 102 valence electrons. The minimum atomic E-state index is 0.422. The smallest absolute Gasteiger partial charge is 0.0713 e. The summed E-state index contributed by atoms with van der Waals surface area (Å²) in [4.78, 5) is 2.70. The predicted molar refractivity (Wildman–Crippen MR) is 82.6 cm³/mol. The summed E-state index contributed by atoms with van der Waals surface area (Å²) in [6.07, 6.45) is 0. The van der Waals surface area contributed by atoms with E-state index in [1.807, 2.05) is 11.3 Å². The third kappa shape index (κ3) is 3.66. The van der Waals surface area contributed by atoms with Crippen LogP contribution < -0.4 is 5.32 Å². The van der Waals surface area contributed by atoms with E-state index < -0.39 is 0 Å². The van der Waals surface area contributed by atoms with Crippen LogP contribution >= 0.6 is 11.3 Å². The number of thiophene rings is 1. The third-order valence-corrected chi connectivity index (χ3v) is 4.40. The fraction of sp³-hybridized carbons (Fsp3) is 0.375. The van der Waals surface area contributed by atoms with Crippen LogP contribution in [0.4, 0.5) is 0 Å². The number of hydrogen-bond acceptors (Lipinski definition) is 3. The minimum absolute atomic E-state index is 0.422. The van der Waals surface area contributed by atoms with E-state index in [2.05, 4.69) is 55.6 Å². The van der Waals surface area contributed by atoms with Crippen LogP contribution in [0.3, 0.4) is 0 Å². The summed E-state index contributed by atoms with van der Waals surface area (Å²) < 4.78 is 5.19. The van der Waals surface area contributed by atoms with Gasteiger partial charge in [0.25, 0.3) is 0 Å². The van der Waals surface area contributed by atoms with Crippen molar-refractivity contribution in [2.24, 2.45) is 0 Å². The first-order chi connectivity index (χ1) is 9.24. The van der Waals surface area contributed by atoms with Crippen molar-refractivity contribution in [2.75, 3.05) is 13.7 Å². The Kier molecular flexibility index (Phi) is 5.14. The molecule has 2 nitrogen and oxygen atoms in total. The summed E-state index contributed by atoms with van der Waals surface area (Å²) in [5, 5.41) is 3.45. The van der Waals surface area contributed by atoms with Gasteiger partial charge in [-0.25, -0.2) is 0 Å². The molecule has 1 unspecified atom stereocenters. The Morgan fingerprint density at radius 3 is 2.84 bits per heavy atom. The van der Waals surface area contributed by atoms with Crippen molar-refractivity contribution in [3.8, 4) is 10.4 Å². The van der Waals surface area contributed by atoms with E-state index in [-0.39, 0.29) is 0 Å². The SMILES string of the molecule is CCNC(C)c1ccc(-c2cccc(COC)c2)s1. The lowest BCUT2D eigenvalue weighted by molar-refractivity contribution is 0.185. The summed E-state index contributed by atoms with van der Waals surface area (Å²) in [7, 11) is 1.73. The van der Waals surface area contributed by atoms with Crippen molar-refractivity contribution in [3.63, 3.8) is 0 Å². The van der Waals surface area contributed by atoms with Gasteiger partial charge in [-0.3, -0.25) is 0 Å². The van der Waals surface area contributed by atoms with Gasteiger partial charge in [0.15, 0.2) is 0 Å². The topological polar surface area (TPSA) is 21.3 Å². The molecule has 1 heterocycles. The average molecular weight is 275 g/mol. The quantitative estimate of drug-likeness (QED) is 0.851. The molecular weight excluding hydrogens is 254 g/mol. The fourth-order valence-corrected chi connectivity index (χ4v) is 3.16. The highest BCUT2D eigenvalue weighted by atomic mass is 32.1. The van der Waals surface area contributed by atoms with Gasteiger partial charge in [0.2, 0.25) is 0 Å². The monoisotopic (exact) mass is 275 g/mol. The van der Waals surface area contributed by atoms with Crippen LogP contribution in [0.1, 0.15) is 30.3 Å². The van der Waals surface area contributed by atoms with Crippen LogP contribution in [0.5, 0.6) is 0 Å². The molecule has 1 aromatic carbocycles. The molecule has 1 atom stereocenters. The fourth-order valence-electron chi connectivity index (χ4n) is 2.13. The van der Waals surface area contributed by atoms with Crippen LogP contribution in [0.15, 0.2) is 36.4 Å². The van der Waals surface area contributed by atoms with Crippen LogP contribution in [0, 0.1) is 0 Å². The zero-order valence-corrected chi connectivity index (χ0v) is 12.6. The third-order valence-electron chi connectivity index (χ3n) is 3.09. The van der Waals surface area contributed by atoms with Gasteiger partial charge in [-0.15, -0.1) is 11.3 Å². The highest BCUT2D eigenvalue weighted by Gasteiger charge is 2.08. The van der Waals surface area contributed by atoms with Gasteiger partial charge in [0, 0.05) is 22.9 Å². The molecule has 0 amide bonds. The molecule has 0 bridgehead atoms. The zero-order valence-electron chi connectivity index (χ0n) is 11.8. The highest BCUT2D eigenvalue weighted by Crippen LogP contribution is 2.31. The molecule has 2 rings (SSSR count). The molecule has 0 aliphatic carbocycles. The van der Waals surface area contributed by atoms with Crippen LogP contribution in [-0.2, 0) is 11.3 Å². The Morgan fingerprint density at radius 1 is 1.26 bits per heavy atom.